The summed E-state index contributed by atoms with van der Waals surface area (Å²) in [7, 11) is 0. The van der Waals surface area contributed by atoms with Gasteiger partial charge in [0, 0.05) is 0 Å². The molecule has 0 saturated heterocycles. The van der Waals surface area contributed by atoms with E-state index in [4.69, 9.17) is 5.73 Å². The van der Waals surface area contributed by atoms with E-state index < -0.39 is 0 Å². The number of nitrogens with two attached hydrogens (primary N) is 1. The van der Waals surface area contributed by atoms with Gasteiger partial charge in [-0.05, 0) is 36.9 Å². The second-order valence-electron chi connectivity index (χ2n) is 3.15. The van der Waals surface area contributed by atoms with Crippen molar-refractivity contribution in [3.05, 3.63) is 42.0 Å². The lowest BCUT2D eigenvalue weighted by atomic mass is 10.0. The Morgan fingerprint density at radius 1 is 1.23 bits per heavy atom. The first-order chi connectivity index (χ1) is 6.38. The Hall–Kier alpha value is -1.08. The molecule has 1 rings (SSSR count). The maximum absolute atomic E-state index is 5.44. The topological polar surface area (TPSA) is 26.0 Å². The molecule has 70 valence electrons. The summed E-state index contributed by atoms with van der Waals surface area (Å²) in [6.45, 7) is 4.58. The fourth-order valence-corrected chi connectivity index (χ4v) is 1.42. The highest BCUT2D eigenvalue weighted by Crippen LogP contribution is 2.12. The first-order valence-electron chi connectivity index (χ1n) is 4.79. The maximum Gasteiger partial charge on any atom is -0.00772 e. The monoisotopic (exact) mass is 175 g/mol. The van der Waals surface area contributed by atoms with Gasteiger partial charge in [0.25, 0.3) is 0 Å². The summed E-state index contributed by atoms with van der Waals surface area (Å²) in [4.78, 5) is 0. The van der Waals surface area contributed by atoms with Crippen LogP contribution in [0.4, 0.5) is 0 Å². The van der Waals surface area contributed by atoms with Gasteiger partial charge in [-0.1, -0.05) is 36.9 Å². The molecule has 0 aliphatic rings. The zero-order valence-electron chi connectivity index (χ0n) is 8.00. The van der Waals surface area contributed by atoms with E-state index in [0.717, 1.165) is 19.4 Å². The molecule has 0 atom stereocenters. The Labute approximate surface area is 80.3 Å². The van der Waals surface area contributed by atoms with E-state index in [1.165, 1.54) is 17.5 Å². The van der Waals surface area contributed by atoms with E-state index in [1.807, 2.05) is 12.1 Å². The van der Waals surface area contributed by atoms with Gasteiger partial charge in [0.2, 0.25) is 0 Å². The Balaban J connectivity index is 2.59. The average molecular weight is 175 g/mol. The minimum atomic E-state index is 0.788. The number of unbranched alkanes of at least 4 members (excludes halogenated alkanes) is 1. The van der Waals surface area contributed by atoms with Crippen molar-refractivity contribution >= 4 is 6.08 Å². The Morgan fingerprint density at radius 3 is 2.69 bits per heavy atom. The predicted molar refractivity (Wildman–Crippen MR) is 58.5 cm³/mol. The van der Waals surface area contributed by atoms with Crippen molar-refractivity contribution in [1.29, 1.82) is 0 Å². The average Bonchev–Trinajstić information content (AvgIpc) is 2.19. The molecule has 2 N–H and O–H groups in total. The number of aryl methyl sites for hydroxylation is 1. The van der Waals surface area contributed by atoms with Gasteiger partial charge in [0.05, 0.1) is 0 Å². The van der Waals surface area contributed by atoms with Crippen molar-refractivity contribution in [2.75, 3.05) is 6.54 Å². The lowest BCUT2D eigenvalue weighted by molar-refractivity contribution is 0.744. The van der Waals surface area contributed by atoms with Crippen molar-refractivity contribution in [3.8, 4) is 0 Å². The van der Waals surface area contributed by atoms with Gasteiger partial charge in [-0.3, -0.25) is 0 Å². The summed E-state index contributed by atoms with van der Waals surface area (Å²) in [6.07, 6.45) is 5.30. The third-order valence-electron chi connectivity index (χ3n) is 2.18. The quantitative estimate of drug-likeness (QED) is 0.684. The SMILES string of the molecule is C=Cc1ccccc1CCCCN. The van der Waals surface area contributed by atoms with Crippen LogP contribution >= 0.6 is 0 Å². The molecule has 13 heavy (non-hydrogen) atoms. The maximum atomic E-state index is 5.44. The summed E-state index contributed by atoms with van der Waals surface area (Å²) in [5.74, 6) is 0. The first kappa shape index (κ1) is 10.0. The Morgan fingerprint density at radius 2 is 2.00 bits per heavy atom. The molecule has 1 aromatic rings. The van der Waals surface area contributed by atoms with Crippen LogP contribution in [0.3, 0.4) is 0 Å². The lowest BCUT2D eigenvalue weighted by Crippen LogP contribution is -1.99. The van der Waals surface area contributed by atoms with Crippen LogP contribution in [0, 0.1) is 0 Å². The number of benzene rings is 1. The molecule has 0 aliphatic heterocycles. The van der Waals surface area contributed by atoms with Crippen LogP contribution in [0.1, 0.15) is 24.0 Å². The predicted octanol–water partition coefficient (Wildman–Crippen LogP) is 2.61. The molecule has 0 spiro atoms. The van der Waals surface area contributed by atoms with Gasteiger partial charge < -0.3 is 5.73 Å². The van der Waals surface area contributed by atoms with E-state index in [9.17, 15) is 0 Å². The third-order valence-corrected chi connectivity index (χ3v) is 2.18. The van der Waals surface area contributed by atoms with E-state index in [2.05, 4.69) is 24.8 Å². The first-order valence-corrected chi connectivity index (χ1v) is 4.79. The molecule has 0 saturated carbocycles. The van der Waals surface area contributed by atoms with E-state index in [0.29, 0.717) is 0 Å². The van der Waals surface area contributed by atoms with Crippen LogP contribution < -0.4 is 5.73 Å². The zero-order chi connectivity index (χ0) is 9.52. The zero-order valence-corrected chi connectivity index (χ0v) is 8.00. The highest BCUT2D eigenvalue weighted by molar-refractivity contribution is 5.51. The fourth-order valence-electron chi connectivity index (χ4n) is 1.42. The van der Waals surface area contributed by atoms with E-state index in [-0.39, 0.29) is 0 Å². The lowest BCUT2D eigenvalue weighted by Gasteiger charge is -2.04. The van der Waals surface area contributed by atoms with E-state index >= 15 is 0 Å². The number of hydrogen-bond acceptors (Lipinski definition) is 1. The second kappa shape index (κ2) is 5.55. The molecule has 0 unspecified atom stereocenters. The summed E-state index contributed by atoms with van der Waals surface area (Å²) < 4.78 is 0. The van der Waals surface area contributed by atoms with E-state index in [1.54, 1.807) is 0 Å². The minimum Gasteiger partial charge on any atom is -0.330 e. The molecule has 0 bridgehead atoms. The Bertz CT molecular complexity index is 266. The van der Waals surface area contributed by atoms with Gasteiger partial charge in [0.1, 0.15) is 0 Å². The highest BCUT2D eigenvalue weighted by Gasteiger charge is 1.96. The second-order valence-corrected chi connectivity index (χ2v) is 3.15. The molecule has 0 fully saturated rings. The molecule has 0 amide bonds. The minimum absolute atomic E-state index is 0.788. The van der Waals surface area contributed by atoms with Crippen LogP contribution in [0.2, 0.25) is 0 Å². The van der Waals surface area contributed by atoms with Crippen LogP contribution in [0.25, 0.3) is 6.08 Å². The van der Waals surface area contributed by atoms with Gasteiger partial charge in [-0.2, -0.15) is 0 Å². The van der Waals surface area contributed by atoms with Crippen LogP contribution in [0.5, 0.6) is 0 Å². The molecule has 0 aliphatic carbocycles. The van der Waals surface area contributed by atoms with Crippen LogP contribution in [-0.4, -0.2) is 6.54 Å². The molecular weight excluding hydrogens is 158 g/mol. The molecule has 1 nitrogen and oxygen atoms in total. The third kappa shape index (κ3) is 3.03. The summed E-state index contributed by atoms with van der Waals surface area (Å²) in [5, 5.41) is 0. The fraction of sp³-hybridized carbons (Fsp3) is 0.333. The summed E-state index contributed by atoms with van der Waals surface area (Å²) >= 11 is 0. The largest absolute Gasteiger partial charge is 0.330 e. The van der Waals surface area contributed by atoms with Crippen molar-refractivity contribution in [3.63, 3.8) is 0 Å². The number of hydrogen-bond donors (Lipinski definition) is 1. The Kier molecular flexibility index (Phi) is 4.27. The van der Waals surface area contributed by atoms with Crippen molar-refractivity contribution < 1.29 is 0 Å². The van der Waals surface area contributed by atoms with Gasteiger partial charge in [0.15, 0.2) is 0 Å². The summed E-state index contributed by atoms with van der Waals surface area (Å²) in [5.41, 5.74) is 8.07. The standard InChI is InChI=1S/C12H17N/c1-2-11-7-3-4-8-12(11)9-5-6-10-13/h2-4,7-8H,1,5-6,9-10,13H2. The molecule has 0 aromatic heterocycles. The normalized spacial score (nSPS) is 9.92. The molecular formula is C12H17N. The smallest absolute Gasteiger partial charge is 0.00772 e. The molecule has 0 heterocycles. The summed E-state index contributed by atoms with van der Waals surface area (Å²) in [6, 6.07) is 8.38. The molecule has 1 heteroatoms. The highest BCUT2D eigenvalue weighted by atomic mass is 14.5. The van der Waals surface area contributed by atoms with Crippen LogP contribution in [0.15, 0.2) is 30.8 Å². The van der Waals surface area contributed by atoms with Gasteiger partial charge in [-0.15, -0.1) is 0 Å². The van der Waals surface area contributed by atoms with Gasteiger partial charge >= 0.3 is 0 Å². The molecule has 0 radical (unpaired) electrons. The van der Waals surface area contributed by atoms with Crippen LogP contribution in [-0.2, 0) is 6.42 Å². The van der Waals surface area contributed by atoms with Crippen molar-refractivity contribution in [2.45, 2.75) is 19.3 Å². The van der Waals surface area contributed by atoms with Crippen molar-refractivity contribution in [2.24, 2.45) is 5.73 Å². The molecule has 1 aromatic carbocycles. The van der Waals surface area contributed by atoms with Crippen molar-refractivity contribution in [1.82, 2.24) is 0 Å². The number of rotatable bonds is 5. The van der Waals surface area contributed by atoms with Gasteiger partial charge in [-0.25, -0.2) is 0 Å².